The zero-order valence-corrected chi connectivity index (χ0v) is 9.22. The molecular weight excluding hydrogens is 236 g/mol. The molecule has 0 aliphatic carbocycles. The number of carbonyl (C=O) groups excluding carboxylic acids is 4. The van der Waals surface area contributed by atoms with E-state index in [1.54, 1.807) is 0 Å². The van der Waals surface area contributed by atoms with Crippen molar-refractivity contribution in [2.24, 2.45) is 0 Å². The van der Waals surface area contributed by atoms with E-state index < -0.39 is 42.3 Å². The molecule has 17 heavy (non-hydrogen) atoms. The number of esters is 3. The first-order valence-electron chi connectivity index (χ1n) is 4.43. The van der Waals surface area contributed by atoms with E-state index >= 15 is 0 Å². The lowest BCUT2D eigenvalue weighted by atomic mass is 9.96. The molecule has 0 aliphatic rings. The van der Waals surface area contributed by atoms with Crippen molar-refractivity contribution in [2.45, 2.75) is 25.4 Å². The van der Waals surface area contributed by atoms with Gasteiger partial charge in [-0.2, -0.15) is 0 Å². The molecule has 0 amide bonds. The number of carboxylic acid groups (broad SMARTS) is 1. The number of ether oxygens (including phenoxy) is 2. The van der Waals surface area contributed by atoms with Crippen LogP contribution in [-0.4, -0.2) is 41.7 Å². The predicted octanol–water partition coefficient (Wildman–Crippen LogP) is -2.49. The molecule has 0 heterocycles. The van der Waals surface area contributed by atoms with Crippen molar-refractivity contribution >= 4 is 23.9 Å². The van der Waals surface area contributed by atoms with Crippen molar-refractivity contribution < 1.29 is 38.9 Å². The van der Waals surface area contributed by atoms with Crippen LogP contribution in [0.2, 0.25) is 0 Å². The molecule has 1 N–H and O–H groups in total. The molecule has 1 atom stereocenters. The molecule has 0 saturated heterocycles. The van der Waals surface area contributed by atoms with Gasteiger partial charge in [0.05, 0.1) is 13.5 Å². The van der Waals surface area contributed by atoms with Crippen LogP contribution in [0.15, 0.2) is 0 Å². The largest absolute Gasteiger partial charge is 0.550 e. The highest BCUT2D eigenvalue weighted by Gasteiger charge is 2.40. The Hall–Kier alpha value is -1.96. The first kappa shape index (κ1) is 15.0. The molecular formula is C9H11O8-. The Balaban J connectivity index is 4.81. The van der Waals surface area contributed by atoms with Crippen molar-refractivity contribution in [3.05, 3.63) is 0 Å². The molecule has 0 spiro atoms. The SMILES string of the molecule is COC(=O)C(O)(CC(=O)[O-])CC(=O)OC(C)=O. The monoisotopic (exact) mass is 247 g/mol. The number of aliphatic hydroxyl groups is 1. The number of hydrogen-bond donors (Lipinski definition) is 1. The van der Waals surface area contributed by atoms with Gasteiger partial charge in [-0.05, 0) is 0 Å². The molecule has 1 unspecified atom stereocenters. The van der Waals surface area contributed by atoms with Crippen molar-refractivity contribution in [3.8, 4) is 0 Å². The van der Waals surface area contributed by atoms with Crippen LogP contribution in [0.4, 0.5) is 0 Å². The fourth-order valence-electron chi connectivity index (χ4n) is 1.07. The van der Waals surface area contributed by atoms with E-state index in [4.69, 9.17) is 0 Å². The third kappa shape index (κ3) is 5.07. The standard InChI is InChI=1S/C9H12O8/c1-5(10)17-7(13)4-9(15,3-6(11)12)8(14)16-2/h15H,3-4H2,1-2H3,(H,11,12)/p-1. The van der Waals surface area contributed by atoms with E-state index in [-0.39, 0.29) is 0 Å². The van der Waals surface area contributed by atoms with Crippen LogP contribution >= 0.6 is 0 Å². The second-order valence-corrected chi connectivity index (χ2v) is 3.21. The maximum Gasteiger partial charge on any atom is 0.338 e. The van der Waals surface area contributed by atoms with Gasteiger partial charge >= 0.3 is 17.9 Å². The first-order valence-corrected chi connectivity index (χ1v) is 4.43. The summed E-state index contributed by atoms with van der Waals surface area (Å²) in [5.41, 5.74) is -2.61. The van der Waals surface area contributed by atoms with Gasteiger partial charge in [0.25, 0.3) is 0 Å². The van der Waals surface area contributed by atoms with Gasteiger partial charge in [-0.3, -0.25) is 9.59 Å². The number of methoxy groups -OCH3 is 1. The van der Waals surface area contributed by atoms with E-state index in [0.29, 0.717) is 0 Å². The molecule has 0 aliphatic heterocycles. The Bertz CT molecular complexity index is 347. The number of carboxylic acids is 1. The molecule has 0 aromatic carbocycles. The zero-order valence-electron chi connectivity index (χ0n) is 9.22. The molecule has 0 aromatic heterocycles. The Morgan fingerprint density at radius 1 is 1.24 bits per heavy atom. The van der Waals surface area contributed by atoms with Crippen LogP contribution in [0.3, 0.4) is 0 Å². The molecule has 0 aromatic rings. The number of rotatable bonds is 5. The highest BCUT2D eigenvalue weighted by molar-refractivity contribution is 5.92. The second kappa shape index (κ2) is 5.94. The van der Waals surface area contributed by atoms with Crippen LogP contribution in [0.5, 0.6) is 0 Å². The van der Waals surface area contributed by atoms with Crippen molar-refractivity contribution in [1.29, 1.82) is 0 Å². The van der Waals surface area contributed by atoms with Gasteiger partial charge in [0.15, 0.2) is 5.60 Å². The average Bonchev–Trinajstić information content (AvgIpc) is 2.13. The molecule has 0 bridgehead atoms. The van der Waals surface area contributed by atoms with E-state index in [1.165, 1.54) is 0 Å². The molecule has 0 radical (unpaired) electrons. The van der Waals surface area contributed by atoms with Gasteiger partial charge in [-0.25, -0.2) is 4.79 Å². The fraction of sp³-hybridized carbons (Fsp3) is 0.556. The van der Waals surface area contributed by atoms with Crippen LogP contribution < -0.4 is 5.11 Å². The van der Waals surface area contributed by atoms with Gasteiger partial charge < -0.3 is 24.5 Å². The summed E-state index contributed by atoms with van der Waals surface area (Å²) in [6, 6.07) is 0. The maximum absolute atomic E-state index is 11.1. The Kier molecular flexibility index (Phi) is 5.26. The Labute approximate surface area is 96.1 Å². The lowest BCUT2D eigenvalue weighted by molar-refractivity contribution is -0.309. The van der Waals surface area contributed by atoms with Crippen LogP contribution in [-0.2, 0) is 28.7 Å². The summed E-state index contributed by atoms with van der Waals surface area (Å²) in [4.78, 5) is 43.0. The van der Waals surface area contributed by atoms with Gasteiger partial charge in [0.1, 0.15) is 0 Å². The van der Waals surface area contributed by atoms with Gasteiger partial charge in [0, 0.05) is 19.3 Å². The van der Waals surface area contributed by atoms with Gasteiger partial charge in [0.2, 0.25) is 0 Å². The van der Waals surface area contributed by atoms with E-state index in [0.717, 1.165) is 14.0 Å². The van der Waals surface area contributed by atoms with Gasteiger partial charge in [-0.1, -0.05) is 0 Å². The minimum absolute atomic E-state index is 0.902. The van der Waals surface area contributed by atoms with Crippen molar-refractivity contribution in [1.82, 2.24) is 0 Å². The average molecular weight is 247 g/mol. The normalized spacial score (nSPS) is 13.4. The van der Waals surface area contributed by atoms with Crippen LogP contribution in [0.1, 0.15) is 19.8 Å². The number of aliphatic carboxylic acids is 1. The minimum atomic E-state index is -2.61. The molecule has 0 rings (SSSR count). The molecule has 96 valence electrons. The van der Waals surface area contributed by atoms with E-state index in [9.17, 15) is 29.4 Å². The molecule has 8 nitrogen and oxygen atoms in total. The summed E-state index contributed by atoms with van der Waals surface area (Å²) < 4.78 is 8.21. The Morgan fingerprint density at radius 2 is 1.76 bits per heavy atom. The van der Waals surface area contributed by atoms with E-state index in [1.807, 2.05) is 0 Å². The summed E-state index contributed by atoms with van der Waals surface area (Å²) in [6.45, 7) is 0.938. The van der Waals surface area contributed by atoms with Crippen molar-refractivity contribution in [3.63, 3.8) is 0 Å². The summed E-state index contributed by atoms with van der Waals surface area (Å²) >= 11 is 0. The Morgan fingerprint density at radius 3 is 2.12 bits per heavy atom. The number of carbonyl (C=O) groups is 4. The lowest BCUT2D eigenvalue weighted by Crippen LogP contribution is -2.46. The fourth-order valence-corrected chi connectivity index (χ4v) is 1.07. The summed E-state index contributed by atoms with van der Waals surface area (Å²) in [6.07, 6.45) is -2.17. The van der Waals surface area contributed by atoms with Crippen molar-refractivity contribution in [2.75, 3.05) is 7.11 Å². The predicted molar refractivity (Wildman–Crippen MR) is 48.0 cm³/mol. The third-order valence-corrected chi connectivity index (χ3v) is 1.70. The lowest BCUT2D eigenvalue weighted by Gasteiger charge is -2.24. The molecule has 8 heteroatoms. The van der Waals surface area contributed by atoms with Gasteiger partial charge in [-0.15, -0.1) is 0 Å². The minimum Gasteiger partial charge on any atom is -0.550 e. The number of hydrogen-bond acceptors (Lipinski definition) is 8. The second-order valence-electron chi connectivity index (χ2n) is 3.21. The van der Waals surface area contributed by atoms with Crippen LogP contribution in [0.25, 0.3) is 0 Å². The third-order valence-electron chi connectivity index (χ3n) is 1.70. The molecule has 0 fully saturated rings. The smallest absolute Gasteiger partial charge is 0.338 e. The summed E-state index contributed by atoms with van der Waals surface area (Å²) in [5, 5.41) is 20.0. The van der Waals surface area contributed by atoms with Crippen LogP contribution in [0, 0.1) is 0 Å². The summed E-state index contributed by atoms with van der Waals surface area (Å²) in [5.74, 6) is -5.28. The van der Waals surface area contributed by atoms with E-state index in [2.05, 4.69) is 9.47 Å². The summed E-state index contributed by atoms with van der Waals surface area (Å²) in [7, 11) is 0.902. The zero-order chi connectivity index (χ0) is 13.6. The quantitative estimate of drug-likeness (QED) is 0.417. The highest BCUT2D eigenvalue weighted by Crippen LogP contribution is 2.18. The molecule has 0 saturated carbocycles. The highest BCUT2D eigenvalue weighted by atomic mass is 16.6. The topological polar surface area (TPSA) is 130 Å². The first-order chi connectivity index (χ1) is 7.71. The maximum atomic E-state index is 11.1.